The summed E-state index contributed by atoms with van der Waals surface area (Å²) in [4.78, 5) is 126. The van der Waals surface area contributed by atoms with Gasteiger partial charge in [0.1, 0.15) is 60.2 Å². The predicted octanol–water partition coefficient (Wildman–Crippen LogP) is 8.89. The first kappa shape index (κ1) is 93.2. The lowest BCUT2D eigenvalue weighted by Crippen LogP contribution is -2.37. The lowest BCUT2D eigenvalue weighted by molar-refractivity contribution is -0.150. The number of aromatic amines is 3. The molecule has 30 heteroatoms. The molecule has 624 valence electrons. The summed E-state index contributed by atoms with van der Waals surface area (Å²) >= 11 is 0. The second-order valence-corrected chi connectivity index (χ2v) is 26.3. The van der Waals surface area contributed by atoms with E-state index in [9.17, 15) is 47.9 Å². The molecule has 0 fully saturated rings. The van der Waals surface area contributed by atoms with Gasteiger partial charge in [-0.05, 0) is 108 Å². The van der Waals surface area contributed by atoms with Gasteiger partial charge in [-0.2, -0.15) is 0 Å². The Hall–Kier alpha value is -11.6. The second kappa shape index (κ2) is 49.9. The fraction of sp³-hybridized carbons (Fsp3) is 0.395. The number of H-pyrrole nitrogens is 3. The molecular weight excluding hydrogens is 1500 g/mol. The van der Waals surface area contributed by atoms with Crippen LogP contribution in [0.5, 0.6) is 23.0 Å². The number of aromatic nitrogens is 6. The number of carboxylic acid groups (broad SMARTS) is 1. The Morgan fingerprint density at radius 2 is 0.690 bits per heavy atom. The number of methoxy groups -OCH3 is 4. The number of aliphatic hydroxyl groups is 1. The Kier molecular flexibility index (Phi) is 40.1. The molecule has 3 aromatic heterocycles. The first-order chi connectivity index (χ1) is 56.0. The maximum Gasteiger partial charge on any atom is 0.330 e. The zero-order valence-corrected chi connectivity index (χ0v) is 67.1. The molecule has 6 aromatic carbocycles. The molecule has 0 amide bonds. The zero-order valence-electron chi connectivity index (χ0n) is 67.1. The number of carboxylic acids is 1. The van der Waals surface area contributed by atoms with Crippen molar-refractivity contribution in [2.24, 2.45) is 17.8 Å². The minimum absolute atomic E-state index is 0.00608. The molecule has 5 N–H and O–H groups in total. The third-order valence-electron chi connectivity index (χ3n) is 18.5. The third kappa shape index (κ3) is 29.3. The molecule has 116 heavy (non-hydrogen) atoms. The number of nitrogens with zero attached hydrogens (tertiary/aromatic N) is 4. The van der Waals surface area contributed by atoms with Crippen molar-refractivity contribution in [1.29, 1.82) is 0 Å². The Morgan fingerprint density at radius 1 is 0.388 bits per heavy atom. The van der Waals surface area contributed by atoms with E-state index in [1.54, 1.807) is 35.4 Å². The number of nitrogens with one attached hydrogen (secondary N) is 3. The quantitative estimate of drug-likeness (QED) is 0.0176. The molecule has 30 nitrogen and oxygen atoms in total. The van der Waals surface area contributed by atoms with Crippen LogP contribution in [0, 0.1) is 17.8 Å². The summed E-state index contributed by atoms with van der Waals surface area (Å²) in [5.41, 5.74) is -0.580. The van der Waals surface area contributed by atoms with Gasteiger partial charge in [0, 0.05) is 74.0 Å². The highest BCUT2D eigenvalue weighted by molar-refractivity contribution is 5.82. The van der Waals surface area contributed by atoms with Crippen molar-refractivity contribution >= 4 is 23.7 Å². The number of rotatable bonds is 44. The number of aliphatic carboxylic acids is 1. The maximum atomic E-state index is 12.6. The topological polar surface area (TPSA) is 378 Å². The minimum atomic E-state index is -1.15. The molecule has 0 aliphatic rings. The van der Waals surface area contributed by atoms with E-state index in [0.717, 1.165) is 39.8 Å². The number of hydrogen-bond donors (Lipinski definition) is 5. The predicted molar refractivity (Wildman–Crippen MR) is 433 cm³/mol. The summed E-state index contributed by atoms with van der Waals surface area (Å²) in [6.45, 7) is 13.9. The van der Waals surface area contributed by atoms with Gasteiger partial charge in [0.05, 0.1) is 93.9 Å². The first-order valence-electron chi connectivity index (χ1n) is 38.0. The van der Waals surface area contributed by atoms with Gasteiger partial charge in [0.25, 0.3) is 16.7 Å². The molecule has 3 atom stereocenters. The smallest absolute Gasteiger partial charge is 0.330 e. The van der Waals surface area contributed by atoms with Crippen LogP contribution in [0.2, 0.25) is 0 Å². The maximum absolute atomic E-state index is 12.6. The number of carbonyl (C=O) groups excluding carboxylic acids is 3. The monoisotopic (exact) mass is 1610 g/mol. The van der Waals surface area contributed by atoms with Gasteiger partial charge >= 0.3 is 35.0 Å². The van der Waals surface area contributed by atoms with Crippen LogP contribution < -0.4 is 52.7 Å². The van der Waals surface area contributed by atoms with E-state index in [1.165, 1.54) is 70.1 Å². The van der Waals surface area contributed by atoms with Crippen LogP contribution in [0.1, 0.15) is 107 Å². The largest absolute Gasteiger partial charge is 0.497 e. The van der Waals surface area contributed by atoms with Crippen LogP contribution in [0.4, 0.5) is 0 Å². The van der Waals surface area contributed by atoms with E-state index < -0.39 is 74.7 Å². The van der Waals surface area contributed by atoms with E-state index in [0.29, 0.717) is 36.0 Å². The summed E-state index contributed by atoms with van der Waals surface area (Å²) in [6, 6.07) is 53.3. The standard InChI is InChI=1S/C36H40N2O9.C34H36N2O10.C10H16N2O4.C6H15N/c1-4-30(39)14-19-34(41)46-23-26(22-45-25-38-21-20-33(40)37-35(38)42)24-47-36(27-8-6-5-7-9-27,28-10-15-31(43-2)16-11-28)29-12-17-32(44-3)18-13-29;1-42-28-12-8-26(9-13-28)34(25-6-4-3-5-7-25,27-10-14-29(43-2)15-11-27)46-22-24(21-45-32(40)17-16-31(38)39)20-44-23-36-19-18-30(37)35-33(36)41;1-2-8(5-13)6-16-7-12-4-3-9(14)11-10(12)15;1-4-7(5-2)6-3/h5-13,15-18,20-21,26H,4,14,19,22-25H2,1-3H3,(H,37,40,42);3-15,18-19,24H,16-17,20-23H2,1-2H3,(H,38,39)(H,35,37,41);3-4,8,13H,2,5-7H2,1H3,(H,11,14,15);4-6H2,1-3H3/t26-;24-;8-;/m110./s1. The van der Waals surface area contributed by atoms with Gasteiger partial charge in [-0.25, -0.2) is 14.4 Å². The number of aliphatic hydroxyl groups excluding tert-OH is 1. The second-order valence-electron chi connectivity index (χ2n) is 26.3. The SMILES string of the molecule is CCC(=O)CCC(=O)OC[C@@H](COCn1ccc(=O)[nH]c1=O)COC(c1ccccc1)(c1ccc(OC)cc1)c1ccc(OC)cc1.CCN(CC)CC.CC[C@@H](CO)COCn1ccc(=O)[nH]c1=O.COc1ccc(C(OC[C@H](COCn2ccc(=O)[nH]c2=O)COC(=O)CCC(=O)O)(c2ccccc2)c2ccc(OC)cc2)cc1. The molecule has 0 aliphatic carbocycles. The molecule has 0 aliphatic heterocycles. The van der Waals surface area contributed by atoms with Crippen LogP contribution in [0.15, 0.2) is 223 Å². The average Bonchev–Trinajstić information content (AvgIpc) is 0.758. The van der Waals surface area contributed by atoms with Gasteiger partial charge in [0.15, 0.2) is 0 Å². The normalized spacial score (nSPS) is 11.9. The van der Waals surface area contributed by atoms with Crippen LogP contribution in [-0.4, -0.2) is 168 Å². The van der Waals surface area contributed by atoms with Crippen molar-refractivity contribution in [1.82, 2.24) is 33.6 Å². The number of benzene rings is 6. The molecule has 9 aromatic rings. The van der Waals surface area contributed by atoms with Crippen LogP contribution in [0.25, 0.3) is 0 Å². The fourth-order valence-corrected chi connectivity index (χ4v) is 11.7. The van der Waals surface area contributed by atoms with Crippen molar-refractivity contribution in [3.8, 4) is 23.0 Å². The van der Waals surface area contributed by atoms with E-state index in [-0.39, 0.29) is 104 Å². The van der Waals surface area contributed by atoms with Gasteiger partial charge in [-0.3, -0.25) is 62.2 Å². The molecular formula is C86H107N7O23. The van der Waals surface area contributed by atoms with Crippen LogP contribution in [0.3, 0.4) is 0 Å². The Labute approximate surface area is 672 Å². The van der Waals surface area contributed by atoms with Gasteiger partial charge < -0.3 is 67.2 Å². The van der Waals surface area contributed by atoms with E-state index in [2.05, 4.69) is 40.6 Å². The number of ketones is 1. The summed E-state index contributed by atoms with van der Waals surface area (Å²) in [6.07, 6.45) is 4.61. The summed E-state index contributed by atoms with van der Waals surface area (Å²) < 4.78 is 67.2. The number of esters is 2. The summed E-state index contributed by atoms with van der Waals surface area (Å²) in [7, 11) is 6.38. The minimum Gasteiger partial charge on any atom is -0.497 e. The first-order valence-corrected chi connectivity index (χ1v) is 38.0. The highest BCUT2D eigenvalue weighted by Crippen LogP contribution is 2.44. The number of ether oxygens (including phenoxy) is 11. The highest BCUT2D eigenvalue weighted by atomic mass is 16.6. The van der Waals surface area contributed by atoms with Gasteiger partial charge in [0.2, 0.25) is 0 Å². The van der Waals surface area contributed by atoms with Crippen molar-refractivity contribution in [2.75, 3.05) is 101 Å². The third-order valence-corrected chi connectivity index (χ3v) is 18.5. The molecule has 3 heterocycles. The number of hydrogen-bond acceptors (Lipinski definition) is 23. The van der Waals surface area contributed by atoms with Crippen LogP contribution >= 0.6 is 0 Å². The lowest BCUT2D eigenvalue weighted by Gasteiger charge is -2.37. The zero-order chi connectivity index (χ0) is 84.3. The molecule has 0 saturated carbocycles. The molecule has 0 radical (unpaired) electrons. The van der Waals surface area contributed by atoms with E-state index in [1.807, 2.05) is 165 Å². The average molecular weight is 1610 g/mol. The van der Waals surface area contributed by atoms with Gasteiger partial charge in [-0.1, -0.05) is 144 Å². The number of carbonyl (C=O) groups is 4. The fourth-order valence-electron chi connectivity index (χ4n) is 11.7. The Bertz CT molecular complexity index is 4670. The Balaban J connectivity index is 0.000000283. The molecule has 0 spiro atoms. The summed E-state index contributed by atoms with van der Waals surface area (Å²) in [5.74, 6) is -0.581. The van der Waals surface area contributed by atoms with Crippen molar-refractivity contribution in [2.45, 2.75) is 105 Å². The van der Waals surface area contributed by atoms with E-state index in [4.69, 9.17) is 62.3 Å². The molecule has 0 saturated heterocycles. The van der Waals surface area contributed by atoms with Crippen molar-refractivity contribution in [3.63, 3.8) is 0 Å². The Morgan fingerprint density at radius 3 is 0.948 bits per heavy atom. The highest BCUT2D eigenvalue weighted by Gasteiger charge is 2.41. The number of Topliss-reactive ketones (excluding diaryl/α,β-unsaturated/α-hetero) is 1. The lowest BCUT2D eigenvalue weighted by atomic mass is 9.80. The molecule has 9 rings (SSSR count). The van der Waals surface area contributed by atoms with Crippen molar-refractivity contribution in [3.05, 3.63) is 290 Å². The van der Waals surface area contributed by atoms with Crippen LogP contribution in [-0.2, 0) is 83.7 Å². The molecule has 0 unspecified atom stereocenters. The van der Waals surface area contributed by atoms with E-state index >= 15 is 0 Å². The molecule has 0 bridgehead atoms. The summed E-state index contributed by atoms with van der Waals surface area (Å²) in [5, 5.41) is 17.9. The van der Waals surface area contributed by atoms with Gasteiger partial charge in [-0.15, -0.1) is 0 Å². The van der Waals surface area contributed by atoms with Crippen molar-refractivity contribution < 1.29 is 81.5 Å².